The van der Waals surface area contributed by atoms with Crippen LogP contribution in [0.1, 0.15) is 31.9 Å². The predicted molar refractivity (Wildman–Crippen MR) is 52.1 cm³/mol. The summed E-state index contributed by atoms with van der Waals surface area (Å²) in [6, 6.07) is 2.70. The SMILES string of the molecule is CCNC(CC)c1ccn(C)c1. The molecule has 0 saturated heterocycles. The molecule has 0 fully saturated rings. The second kappa shape index (κ2) is 4.31. The normalized spacial score (nSPS) is 13.2. The highest BCUT2D eigenvalue weighted by Gasteiger charge is 2.07. The summed E-state index contributed by atoms with van der Waals surface area (Å²) >= 11 is 0. The molecule has 0 aliphatic carbocycles. The van der Waals surface area contributed by atoms with Crippen molar-refractivity contribution >= 4 is 0 Å². The highest BCUT2D eigenvalue weighted by atomic mass is 14.9. The van der Waals surface area contributed by atoms with Gasteiger partial charge in [0.1, 0.15) is 0 Å². The smallest absolute Gasteiger partial charge is 0.0332 e. The molecule has 2 nitrogen and oxygen atoms in total. The molecule has 1 aromatic rings. The van der Waals surface area contributed by atoms with Crippen LogP contribution in [0.15, 0.2) is 18.5 Å². The Bertz CT molecular complexity index is 227. The van der Waals surface area contributed by atoms with Gasteiger partial charge < -0.3 is 9.88 Å². The van der Waals surface area contributed by atoms with Gasteiger partial charge in [0.2, 0.25) is 0 Å². The summed E-state index contributed by atoms with van der Waals surface area (Å²) in [4.78, 5) is 0. The highest BCUT2D eigenvalue weighted by Crippen LogP contribution is 2.15. The Morgan fingerprint density at radius 3 is 2.67 bits per heavy atom. The monoisotopic (exact) mass is 166 g/mol. The van der Waals surface area contributed by atoms with Gasteiger partial charge in [-0.3, -0.25) is 0 Å². The van der Waals surface area contributed by atoms with E-state index in [4.69, 9.17) is 0 Å². The summed E-state index contributed by atoms with van der Waals surface area (Å²) in [5.41, 5.74) is 1.39. The number of rotatable bonds is 4. The lowest BCUT2D eigenvalue weighted by Crippen LogP contribution is -2.19. The van der Waals surface area contributed by atoms with Crippen molar-refractivity contribution in [3.05, 3.63) is 24.0 Å². The molecule has 1 unspecified atom stereocenters. The summed E-state index contributed by atoms with van der Waals surface area (Å²) in [6.07, 6.45) is 5.42. The number of aromatic nitrogens is 1. The van der Waals surface area contributed by atoms with E-state index in [0.717, 1.165) is 13.0 Å². The zero-order chi connectivity index (χ0) is 8.97. The second-order valence-electron chi connectivity index (χ2n) is 3.13. The van der Waals surface area contributed by atoms with Crippen LogP contribution in [0.5, 0.6) is 0 Å². The molecule has 1 aromatic heterocycles. The Balaban J connectivity index is 2.66. The van der Waals surface area contributed by atoms with E-state index in [1.54, 1.807) is 0 Å². The molecular weight excluding hydrogens is 148 g/mol. The first-order chi connectivity index (χ1) is 5.77. The van der Waals surface area contributed by atoms with Crippen molar-refractivity contribution in [1.82, 2.24) is 9.88 Å². The fourth-order valence-corrected chi connectivity index (χ4v) is 1.48. The molecule has 1 rings (SSSR count). The molecule has 0 aliphatic heterocycles. The van der Waals surface area contributed by atoms with E-state index in [2.05, 4.69) is 49.2 Å². The van der Waals surface area contributed by atoms with Gasteiger partial charge in [-0.2, -0.15) is 0 Å². The lowest BCUT2D eigenvalue weighted by Gasteiger charge is -2.13. The van der Waals surface area contributed by atoms with Crippen LogP contribution >= 0.6 is 0 Å². The van der Waals surface area contributed by atoms with E-state index < -0.39 is 0 Å². The van der Waals surface area contributed by atoms with Crippen LogP contribution in [-0.2, 0) is 7.05 Å². The van der Waals surface area contributed by atoms with Crippen molar-refractivity contribution in [3.8, 4) is 0 Å². The highest BCUT2D eigenvalue weighted by molar-refractivity contribution is 5.14. The van der Waals surface area contributed by atoms with Crippen LogP contribution in [0.4, 0.5) is 0 Å². The van der Waals surface area contributed by atoms with Crippen molar-refractivity contribution in [1.29, 1.82) is 0 Å². The Labute approximate surface area is 74.6 Å². The molecule has 0 bridgehead atoms. The van der Waals surface area contributed by atoms with Gasteiger partial charge in [0.05, 0.1) is 0 Å². The number of hydrogen-bond acceptors (Lipinski definition) is 1. The zero-order valence-electron chi connectivity index (χ0n) is 8.17. The molecule has 0 spiro atoms. The Hall–Kier alpha value is -0.760. The van der Waals surface area contributed by atoms with Gasteiger partial charge in [-0.1, -0.05) is 13.8 Å². The van der Waals surface area contributed by atoms with Crippen LogP contribution in [0.2, 0.25) is 0 Å². The average molecular weight is 166 g/mol. The maximum Gasteiger partial charge on any atom is 0.0332 e. The fourth-order valence-electron chi connectivity index (χ4n) is 1.48. The first-order valence-electron chi connectivity index (χ1n) is 4.63. The van der Waals surface area contributed by atoms with E-state index in [-0.39, 0.29) is 0 Å². The first kappa shape index (κ1) is 9.33. The molecule has 0 radical (unpaired) electrons. The Kier molecular flexibility index (Phi) is 3.35. The number of nitrogens with zero attached hydrogens (tertiary/aromatic N) is 1. The Morgan fingerprint density at radius 1 is 1.50 bits per heavy atom. The van der Waals surface area contributed by atoms with Crippen molar-refractivity contribution in [2.75, 3.05) is 6.54 Å². The summed E-state index contributed by atoms with van der Waals surface area (Å²) in [6.45, 7) is 5.39. The molecule has 1 N–H and O–H groups in total. The standard InChI is InChI=1S/C10H18N2/c1-4-10(11-5-2)9-6-7-12(3)8-9/h6-8,10-11H,4-5H2,1-3H3. The molecule has 0 aliphatic rings. The summed E-state index contributed by atoms with van der Waals surface area (Å²) < 4.78 is 2.09. The van der Waals surface area contributed by atoms with Crippen LogP contribution in [0.3, 0.4) is 0 Å². The molecule has 0 saturated carbocycles. The summed E-state index contributed by atoms with van der Waals surface area (Å²) in [5.74, 6) is 0. The maximum atomic E-state index is 3.45. The number of hydrogen-bond donors (Lipinski definition) is 1. The van der Waals surface area contributed by atoms with E-state index >= 15 is 0 Å². The first-order valence-corrected chi connectivity index (χ1v) is 4.63. The van der Waals surface area contributed by atoms with Gasteiger partial charge in [-0.05, 0) is 24.6 Å². The van der Waals surface area contributed by atoms with Gasteiger partial charge in [-0.15, -0.1) is 0 Å². The minimum absolute atomic E-state index is 0.524. The predicted octanol–water partition coefficient (Wildman–Crippen LogP) is 2.09. The molecule has 12 heavy (non-hydrogen) atoms. The van der Waals surface area contributed by atoms with Gasteiger partial charge >= 0.3 is 0 Å². The van der Waals surface area contributed by atoms with Crippen LogP contribution in [-0.4, -0.2) is 11.1 Å². The van der Waals surface area contributed by atoms with Crippen molar-refractivity contribution in [2.24, 2.45) is 7.05 Å². The van der Waals surface area contributed by atoms with E-state index in [9.17, 15) is 0 Å². The summed E-state index contributed by atoms with van der Waals surface area (Å²) in [7, 11) is 2.06. The summed E-state index contributed by atoms with van der Waals surface area (Å²) in [5, 5.41) is 3.45. The molecule has 1 heterocycles. The lowest BCUT2D eigenvalue weighted by molar-refractivity contribution is 0.537. The molecule has 68 valence electrons. The third-order valence-corrected chi connectivity index (χ3v) is 2.12. The minimum Gasteiger partial charge on any atom is -0.357 e. The Morgan fingerprint density at radius 2 is 2.25 bits per heavy atom. The van der Waals surface area contributed by atoms with E-state index in [0.29, 0.717) is 6.04 Å². The molecule has 1 atom stereocenters. The molecule has 0 aromatic carbocycles. The third-order valence-electron chi connectivity index (χ3n) is 2.12. The van der Waals surface area contributed by atoms with Crippen molar-refractivity contribution in [3.63, 3.8) is 0 Å². The quantitative estimate of drug-likeness (QED) is 0.724. The maximum absolute atomic E-state index is 3.45. The van der Waals surface area contributed by atoms with E-state index in [1.165, 1.54) is 5.56 Å². The van der Waals surface area contributed by atoms with Gasteiger partial charge in [0.15, 0.2) is 0 Å². The van der Waals surface area contributed by atoms with Crippen molar-refractivity contribution < 1.29 is 0 Å². The molecule has 0 amide bonds. The third kappa shape index (κ3) is 2.11. The minimum atomic E-state index is 0.524. The fraction of sp³-hybridized carbons (Fsp3) is 0.600. The second-order valence-corrected chi connectivity index (χ2v) is 3.13. The van der Waals surface area contributed by atoms with Crippen molar-refractivity contribution in [2.45, 2.75) is 26.3 Å². The van der Waals surface area contributed by atoms with Gasteiger partial charge in [-0.25, -0.2) is 0 Å². The molecular formula is C10H18N2. The van der Waals surface area contributed by atoms with Crippen LogP contribution in [0, 0.1) is 0 Å². The largest absolute Gasteiger partial charge is 0.357 e. The lowest BCUT2D eigenvalue weighted by atomic mass is 10.1. The van der Waals surface area contributed by atoms with Gasteiger partial charge in [0, 0.05) is 25.5 Å². The number of aryl methyl sites for hydroxylation is 1. The van der Waals surface area contributed by atoms with E-state index in [1.807, 2.05) is 0 Å². The number of nitrogens with one attached hydrogen (secondary N) is 1. The van der Waals surface area contributed by atoms with Crippen LogP contribution in [0.25, 0.3) is 0 Å². The topological polar surface area (TPSA) is 17.0 Å². The van der Waals surface area contributed by atoms with Crippen LogP contribution < -0.4 is 5.32 Å². The zero-order valence-corrected chi connectivity index (χ0v) is 8.17. The average Bonchev–Trinajstić information content (AvgIpc) is 2.47. The molecule has 2 heteroatoms. The van der Waals surface area contributed by atoms with Gasteiger partial charge in [0.25, 0.3) is 0 Å².